The average Bonchev–Trinajstić information content (AvgIpc) is 0.764. The zero-order valence-electron chi connectivity index (χ0n) is 74.5. The molecular weight excluding hydrogens is 1910 g/mol. The predicted molar refractivity (Wildman–Crippen MR) is 425 cm³/mol. The fourth-order valence-electron chi connectivity index (χ4n) is 17.8. The molecule has 11 rings (SSSR count). The Morgan fingerprint density at radius 2 is 0.626 bits per heavy atom. The molecule has 0 bridgehead atoms. The summed E-state index contributed by atoms with van der Waals surface area (Å²) >= 11 is 0. The number of ether oxygens (including phenoxy) is 21. The molecule has 0 spiro atoms. The Morgan fingerprint density at radius 1 is 0.309 bits per heavy atom. The van der Waals surface area contributed by atoms with Crippen molar-refractivity contribution >= 4 is 29.6 Å². The van der Waals surface area contributed by atoms with E-state index in [0.717, 1.165) is 27.7 Å². The third-order valence-electron chi connectivity index (χ3n) is 25.5. The van der Waals surface area contributed by atoms with Crippen molar-refractivity contribution in [3.63, 3.8) is 0 Å². The van der Waals surface area contributed by atoms with E-state index in [1.54, 1.807) is 0 Å². The number of carbonyl (C=O) groups is 5. The van der Waals surface area contributed by atoms with E-state index in [2.05, 4.69) is 21.3 Å². The summed E-state index contributed by atoms with van der Waals surface area (Å²) in [6, 6.07) is -7.73. The molecule has 0 unspecified atom stereocenters. The largest absolute Gasteiger partial charge is 0.477 e. The summed E-state index contributed by atoms with van der Waals surface area (Å²) in [7, 11) is 0. The van der Waals surface area contributed by atoms with E-state index in [4.69, 9.17) is 99.5 Å². The molecule has 0 radical (unpaired) electrons. The lowest BCUT2D eigenvalue weighted by atomic mass is 9.88. The Morgan fingerprint density at radius 3 is 1.08 bits per heavy atom. The molecule has 0 aromatic rings. The molecule has 62 nitrogen and oxygen atoms in total. The highest BCUT2D eigenvalue weighted by Gasteiger charge is 2.63. The van der Waals surface area contributed by atoms with E-state index >= 15 is 0 Å². The minimum atomic E-state index is -3.12. The van der Waals surface area contributed by atoms with Crippen LogP contribution in [-0.4, -0.2) is 602 Å². The summed E-state index contributed by atoms with van der Waals surface area (Å²) in [5.74, 6) is -9.04. The van der Waals surface area contributed by atoms with Gasteiger partial charge in [0.25, 0.3) is 5.79 Å². The maximum Gasteiger partial charge on any atom is 0.364 e. The van der Waals surface area contributed by atoms with Crippen LogP contribution in [0.1, 0.15) is 41.0 Å². The molecule has 0 aromatic heterocycles. The summed E-state index contributed by atoms with van der Waals surface area (Å²) in [6.45, 7) is -6.71. The van der Waals surface area contributed by atoms with Gasteiger partial charge in [0.05, 0.1) is 84.3 Å². The first-order valence-corrected chi connectivity index (χ1v) is 44.1. The van der Waals surface area contributed by atoms with Gasteiger partial charge in [-0.05, 0) is 6.92 Å². The number of aliphatic hydroxyl groups is 31. The molecule has 11 fully saturated rings. The summed E-state index contributed by atoms with van der Waals surface area (Å²) in [6.07, 6.45) is -112. The fraction of sp³-hybridized carbons (Fsp3) is 0.935. The maximum absolute atomic E-state index is 13.3. The van der Waals surface area contributed by atoms with Crippen LogP contribution < -0.4 is 21.3 Å². The SMILES string of the molecule is CC(=O)N[C@@H]1[C@@H](O)[C@H](O[C@@H]2O[C@H](CO)[C@@H](O[C@@H]3O[C@H](CO[C@H]4O[C@H](CO[C@H]5O[C@H](CO)[C@@H](O)[C@H](O)[C@@H]5O)[C@@H](O)[C@H](O[C@H]5O[C@H](CO)[C@@H](O)[C@H](O)[C@@H]5O)[C@@H]4O)[C@@H](O)[C@H](O[C@H]4O[C@H](CO)[C@@H](O)[C@H](O)[C@@H]4O[C@@H]4O[C@H](CO)[C@@H](O[C@@H]5O[C@H](CO[C@]6(C(=O)O)C[C@H](O)[C@@H](NC(C)=O)[C@H]([C@H](O)[C@H](O)CO)O6)[C@H](O)[C@H](O)[C@H]5O)[C@H](O)[C@H]4NC(C)=O)[C@@H]3O)[C@H](O)[C@H]2NC(C)=O)[C@@H](CO[C@@H]2O[C@@H](C)[C@@H](O)[C@@H](O)[C@@H]2O)O[C@H]1O. The van der Waals surface area contributed by atoms with Crippen molar-refractivity contribution < 1.29 is 287 Å². The molecule has 62 heteroatoms. The summed E-state index contributed by atoms with van der Waals surface area (Å²) in [5, 5.41) is 367. The fourth-order valence-corrected chi connectivity index (χ4v) is 17.8. The van der Waals surface area contributed by atoms with Gasteiger partial charge in [-0.2, -0.15) is 0 Å². The minimum absolute atomic E-state index is 0.847. The first-order valence-electron chi connectivity index (χ1n) is 44.1. The Kier molecular flexibility index (Phi) is 40.7. The standard InChI is InChI=1S/C77H128N4O58/c1-17-37(94)48(105)53(110)69(123-17)121-15-32-61(45(102)34(66(116)124-32)79-19(3)89)133-67-35(80-20(4)90)46(103)60(28(12-87)128-67)135-74-58(115)64(44(101)30(131-74)14-120-71-57(114)63(136-72-55(112)50(107)40(97)25(9-84)126-72)43(100)29(130-71)13-119-70-54(111)49(106)39(96)24(8-83)125-70)137-75-65(52(109)41(98)26(10-85)127-75)138-68-36(81-21(5)91)47(104)59(27(11-86)129-68)134-73-56(113)51(108)42(99)31(132-73)16-122-77(76(117)118)6-22(92)33(78-18(2)88)62(139-77)38(95)23(93)7-82/h17,22-75,82-87,92-116H,6-16H2,1-5H3,(H,78,88)(H,79,89)(H,80,90)(H,81,91)(H,117,118)/t17-,22-,23+,24+,25+,26+,27+,28+,29+,30+,31+,32+,33+,34+,35+,36+,37+,38+,39+,40+,41+,42-,43+,44+,45+,46+,47+,48+,49-,50-,51-,52-,53-,54-,55-,56+,57-,58-,59+,60+,61+,62+,63-,64-,65-,66+,67-,68-,69+,70-,71-,72+,73-,74-,75+,77+/m0/s1. The third-order valence-corrected chi connectivity index (χ3v) is 25.5. The Balaban J connectivity index is 0.907. The van der Waals surface area contributed by atoms with E-state index in [0.29, 0.717) is 0 Å². The normalized spacial score (nSPS) is 48.9. The van der Waals surface area contributed by atoms with Crippen LogP contribution in [0.2, 0.25) is 0 Å². The number of rotatable bonds is 37. The van der Waals surface area contributed by atoms with E-state index in [-0.39, 0.29) is 0 Å². The van der Waals surface area contributed by atoms with Crippen molar-refractivity contribution in [1.29, 1.82) is 0 Å². The maximum atomic E-state index is 13.3. The average molecular weight is 2040 g/mol. The molecule has 139 heavy (non-hydrogen) atoms. The topological polar surface area (TPSA) is 975 Å². The highest BCUT2D eigenvalue weighted by atomic mass is 16.8. The van der Waals surface area contributed by atoms with Crippen LogP contribution in [0.4, 0.5) is 0 Å². The van der Waals surface area contributed by atoms with Crippen molar-refractivity contribution in [3.05, 3.63) is 0 Å². The first kappa shape index (κ1) is 115. The molecule has 11 aliphatic heterocycles. The van der Waals surface area contributed by atoms with E-state index < -0.39 is 445 Å². The van der Waals surface area contributed by atoms with Crippen LogP contribution in [-0.2, 0) is 123 Å². The summed E-state index contributed by atoms with van der Waals surface area (Å²) in [5.41, 5.74) is 0. The van der Waals surface area contributed by atoms with Gasteiger partial charge in [0, 0.05) is 34.1 Å². The van der Waals surface area contributed by atoms with Crippen LogP contribution >= 0.6 is 0 Å². The first-order chi connectivity index (χ1) is 65.5. The molecule has 804 valence electrons. The molecule has 11 heterocycles. The number of nitrogens with one attached hydrogen (secondary N) is 4. The zero-order valence-corrected chi connectivity index (χ0v) is 74.5. The molecule has 4 amide bonds. The zero-order chi connectivity index (χ0) is 103. The van der Waals surface area contributed by atoms with Crippen molar-refractivity contribution in [2.75, 3.05) is 66.1 Å². The van der Waals surface area contributed by atoms with Gasteiger partial charge >= 0.3 is 5.97 Å². The van der Waals surface area contributed by atoms with Crippen LogP contribution in [0.25, 0.3) is 0 Å². The van der Waals surface area contributed by atoms with Gasteiger partial charge in [-0.1, -0.05) is 0 Å². The van der Waals surface area contributed by atoms with Crippen molar-refractivity contribution in [2.24, 2.45) is 0 Å². The molecule has 36 N–H and O–H groups in total. The molecule has 11 aliphatic rings. The van der Waals surface area contributed by atoms with Crippen molar-refractivity contribution in [1.82, 2.24) is 21.3 Å². The lowest BCUT2D eigenvalue weighted by Crippen LogP contribution is -2.71. The lowest BCUT2D eigenvalue weighted by Gasteiger charge is -2.51. The van der Waals surface area contributed by atoms with Crippen LogP contribution in [0.3, 0.4) is 0 Å². The number of hydrogen-bond acceptors (Lipinski definition) is 57. The highest BCUT2D eigenvalue weighted by Crippen LogP contribution is 2.42. The smallest absolute Gasteiger partial charge is 0.364 e. The second-order valence-electron chi connectivity index (χ2n) is 35.3. The number of hydrogen-bond donors (Lipinski definition) is 36. The van der Waals surface area contributed by atoms with E-state index in [1.807, 2.05) is 0 Å². The number of carboxylic acid groups (broad SMARTS) is 1. The number of aliphatic carboxylic acids is 1. The Hall–Kier alpha value is -4.73. The number of amides is 4. The second kappa shape index (κ2) is 49.4. The Labute approximate surface area is 785 Å². The van der Waals surface area contributed by atoms with Gasteiger partial charge in [-0.25, -0.2) is 4.79 Å². The van der Waals surface area contributed by atoms with Gasteiger partial charge in [0.15, 0.2) is 62.9 Å². The van der Waals surface area contributed by atoms with Crippen LogP contribution in [0, 0.1) is 0 Å². The third kappa shape index (κ3) is 25.5. The van der Waals surface area contributed by atoms with Gasteiger partial charge < -0.3 is 284 Å². The summed E-state index contributed by atoms with van der Waals surface area (Å²) in [4.78, 5) is 64.4. The number of aliphatic hydroxyl groups excluding tert-OH is 31. The van der Waals surface area contributed by atoms with E-state index in [1.165, 1.54) is 6.92 Å². The van der Waals surface area contributed by atoms with Crippen LogP contribution in [0.15, 0.2) is 0 Å². The van der Waals surface area contributed by atoms with Gasteiger partial charge in [0.1, 0.15) is 256 Å². The highest BCUT2D eigenvalue weighted by molar-refractivity contribution is 5.77. The quantitative estimate of drug-likeness (QED) is 0.0275. The number of carbonyl (C=O) groups excluding carboxylic acids is 4. The van der Waals surface area contributed by atoms with E-state index in [9.17, 15) is 187 Å². The minimum Gasteiger partial charge on any atom is -0.477 e. The second-order valence-corrected chi connectivity index (χ2v) is 35.3. The predicted octanol–water partition coefficient (Wildman–Crippen LogP) is -24.2. The monoisotopic (exact) mass is 2040 g/mol. The molecule has 56 atom stereocenters. The Bertz CT molecular complexity index is 3870. The lowest BCUT2D eigenvalue weighted by molar-refractivity contribution is -0.399. The van der Waals surface area contributed by atoms with Gasteiger partial charge in [-0.3, -0.25) is 19.2 Å². The van der Waals surface area contributed by atoms with Crippen LogP contribution in [0.5, 0.6) is 0 Å². The molecular formula is C77H128N4O58. The van der Waals surface area contributed by atoms with Crippen molar-refractivity contribution in [2.45, 2.75) is 384 Å². The van der Waals surface area contributed by atoms with Gasteiger partial charge in [-0.15, -0.1) is 0 Å². The number of carboxylic acids is 1. The molecule has 11 saturated heterocycles. The molecule has 0 aromatic carbocycles. The summed E-state index contributed by atoms with van der Waals surface area (Å²) < 4.78 is 124. The molecule has 0 saturated carbocycles. The van der Waals surface area contributed by atoms with Crippen molar-refractivity contribution in [3.8, 4) is 0 Å². The van der Waals surface area contributed by atoms with Gasteiger partial charge in [0.2, 0.25) is 23.6 Å². The molecule has 0 aliphatic carbocycles.